The minimum absolute atomic E-state index is 0.0418. The molecule has 8 nitrogen and oxygen atoms in total. The van der Waals surface area contributed by atoms with Gasteiger partial charge in [0.25, 0.3) is 5.91 Å². The summed E-state index contributed by atoms with van der Waals surface area (Å²) in [5.74, 6) is -0.0193. The van der Waals surface area contributed by atoms with E-state index in [4.69, 9.17) is 9.47 Å². The van der Waals surface area contributed by atoms with E-state index in [1.807, 2.05) is 13.8 Å². The van der Waals surface area contributed by atoms with E-state index in [9.17, 15) is 22.8 Å². The quantitative estimate of drug-likeness (QED) is 0.585. The molecule has 0 saturated carbocycles. The number of alkyl halides is 3. The van der Waals surface area contributed by atoms with Gasteiger partial charge in [0.1, 0.15) is 18.4 Å². The first-order valence-corrected chi connectivity index (χ1v) is 13.2. The average molecular weight is 535 g/mol. The number of halogens is 3. The molecule has 3 aliphatic rings. The monoisotopic (exact) mass is 534 g/mol. The van der Waals surface area contributed by atoms with E-state index in [2.05, 4.69) is 5.10 Å². The summed E-state index contributed by atoms with van der Waals surface area (Å²) in [6, 6.07) is 4.87. The molecular formula is C27H33F3N4O4. The molecule has 2 fully saturated rings. The third-order valence-electron chi connectivity index (χ3n) is 7.46. The Bertz CT molecular complexity index is 1180. The Balaban J connectivity index is 1.20. The fourth-order valence-corrected chi connectivity index (χ4v) is 5.69. The number of morpholine rings is 1. The zero-order valence-corrected chi connectivity index (χ0v) is 21.7. The van der Waals surface area contributed by atoms with Crippen LogP contribution in [0.2, 0.25) is 0 Å². The summed E-state index contributed by atoms with van der Waals surface area (Å²) >= 11 is 0. The van der Waals surface area contributed by atoms with E-state index >= 15 is 0 Å². The van der Waals surface area contributed by atoms with Gasteiger partial charge in [-0.3, -0.25) is 14.3 Å². The molecule has 0 N–H and O–H groups in total. The van der Waals surface area contributed by atoms with E-state index in [1.165, 1.54) is 12.1 Å². The van der Waals surface area contributed by atoms with Gasteiger partial charge in [0.2, 0.25) is 5.91 Å². The molecule has 2 aliphatic heterocycles. The van der Waals surface area contributed by atoms with E-state index in [-0.39, 0.29) is 42.4 Å². The molecule has 0 bridgehead atoms. The maximum absolute atomic E-state index is 13.3. The zero-order valence-electron chi connectivity index (χ0n) is 21.7. The van der Waals surface area contributed by atoms with Gasteiger partial charge in [0.05, 0.1) is 17.8 Å². The molecule has 5 rings (SSSR count). The molecule has 0 radical (unpaired) electrons. The van der Waals surface area contributed by atoms with Gasteiger partial charge in [0, 0.05) is 50.3 Å². The Hall–Kier alpha value is -3.08. The lowest BCUT2D eigenvalue weighted by Crippen LogP contribution is -2.48. The van der Waals surface area contributed by atoms with Crippen LogP contribution in [-0.4, -0.2) is 75.9 Å². The van der Waals surface area contributed by atoms with Crippen LogP contribution in [0.15, 0.2) is 24.3 Å². The number of carbonyl (C=O) groups is 2. The van der Waals surface area contributed by atoms with Crippen LogP contribution in [0.3, 0.4) is 0 Å². The number of piperidine rings is 1. The Morgan fingerprint density at radius 3 is 2.47 bits per heavy atom. The number of fused-ring (bicyclic) bond motifs is 1. The van der Waals surface area contributed by atoms with Crippen molar-refractivity contribution < 1.29 is 32.2 Å². The van der Waals surface area contributed by atoms with Gasteiger partial charge in [-0.15, -0.1) is 0 Å². The van der Waals surface area contributed by atoms with Crippen molar-refractivity contribution in [1.82, 2.24) is 19.6 Å². The molecule has 2 amide bonds. The predicted molar refractivity (Wildman–Crippen MR) is 132 cm³/mol. The maximum atomic E-state index is 13.3. The summed E-state index contributed by atoms with van der Waals surface area (Å²) < 4.78 is 52.2. The molecule has 3 heterocycles. The van der Waals surface area contributed by atoms with Crippen molar-refractivity contribution in [1.29, 1.82) is 0 Å². The van der Waals surface area contributed by atoms with E-state index in [0.717, 1.165) is 42.7 Å². The van der Waals surface area contributed by atoms with Gasteiger partial charge in [-0.2, -0.15) is 18.3 Å². The highest BCUT2D eigenvalue weighted by atomic mass is 19.4. The maximum Gasteiger partial charge on any atom is 0.416 e. The number of amides is 2. The lowest BCUT2D eigenvalue weighted by atomic mass is 10.1. The van der Waals surface area contributed by atoms with Crippen LogP contribution < -0.4 is 4.74 Å². The van der Waals surface area contributed by atoms with Crippen molar-refractivity contribution in [3.63, 3.8) is 0 Å². The summed E-state index contributed by atoms with van der Waals surface area (Å²) in [4.78, 5) is 30.0. The van der Waals surface area contributed by atoms with Gasteiger partial charge < -0.3 is 19.3 Å². The van der Waals surface area contributed by atoms with Gasteiger partial charge in [-0.05, 0) is 51.3 Å². The molecule has 0 spiro atoms. The summed E-state index contributed by atoms with van der Waals surface area (Å²) in [6.45, 7) is 5.88. The highest BCUT2D eigenvalue weighted by Crippen LogP contribution is 2.32. The number of aromatic nitrogens is 2. The summed E-state index contributed by atoms with van der Waals surface area (Å²) in [6.07, 6.45) is -1.24. The van der Waals surface area contributed by atoms with Crippen LogP contribution in [0.25, 0.3) is 0 Å². The minimum atomic E-state index is -4.43. The largest absolute Gasteiger partial charge is 0.490 e. The normalized spacial score (nSPS) is 22.4. The zero-order chi connectivity index (χ0) is 27.0. The Labute approximate surface area is 219 Å². The molecule has 38 heavy (non-hydrogen) atoms. The summed E-state index contributed by atoms with van der Waals surface area (Å²) in [5.41, 5.74) is 1.60. The average Bonchev–Trinajstić information content (AvgIpc) is 3.47. The first-order chi connectivity index (χ1) is 18.1. The minimum Gasteiger partial charge on any atom is -0.490 e. The van der Waals surface area contributed by atoms with Gasteiger partial charge in [-0.1, -0.05) is 6.07 Å². The van der Waals surface area contributed by atoms with Crippen LogP contribution >= 0.6 is 0 Å². The van der Waals surface area contributed by atoms with Crippen LogP contribution in [-0.2, 0) is 35.1 Å². The third-order valence-corrected chi connectivity index (χ3v) is 7.46. The number of carbonyl (C=O) groups excluding carboxylic acids is 2. The molecule has 2 atom stereocenters. The van der Waals surface area contributed by atoms with E-state index < -0.39 is 11.7 Å². The molecule has 2 saturated heterocycles. The van der Waals surface area contributed by atoms with Crippen LogP contribution in [0, 0.1) is 0 Å². The number of nitrogens with zero attached hydrogens (tertiary/aromatic N) is 4. The fourth-order valence-electron chi connectivity index (χ4n) is 5.69. The van der Waals surface area contributed by atoms with Crippen molar-refractivity contribution in [3.05, 3.63) is 46.8 Å². The van der Waals surface area contributed by atoms with Crippen molar-refractivity contribution in [2.45, 2.75) is 77.0 Å². The molecule has 1 aliphatic carbocycles. The number of rotatable bonds is 5. The Morgan fingerprint density at radius 2 is 1.79 bits per heavy atom. The Morgan fingerprint density at radius 1 is 1.08 bits per heavy atom. The summed E-state index contributed by atoms with van der Waals surface area (Å²) in [7, 11) is 0. The van der Waals surface area contributed by atoms with Gasteiger partial charge in [0.15, 0.2) is 5.69 Å². The standard InChI is InChI=1S/C27H33F3N4O4/c1-17-14-33(15-18(2)37-17)26(36)25-22-7-4-8-23(22)34(31-25)16-24(35)32-11-9-20(10-12-32)38-21-6-3-5-19(13-21)27(28,29)30/h3,5-6,13,17-18,20H,4,7-12,14-16H2,1-2H3/t17-,18+. The van der Waals surface area contributed by atoms with Crippen LogP contribution in [0.5, 0.6) is 5.75 Å². The highest BCUT2D eigenvalue weighted by Gasteiger charge is 2.34. The topological polar surface area (TPSA) is 76.9 Å². The summed E-state index contributed by atoms with van der Waals surface area (Å²) in [5, 5.41) is 4.61. The molecule has 206 valence electrons. The first-order valence-electron chi connectivity index (χ1n) is 13.2. The fraction of sp³-hybridized carbons (Fsp3) is 0.593. The molecule has 1 aromatic heterocycles. The third kappa shape index (κ3) is 5.67. The van der Waals surface area contributed by atoms with Crippen molar-refractivity contribution >= 4 is 11.8 Å². The van der Waals surface area contributed by atoms with Crippen molar-refractivity contribution in [3.8, 4) is 5.75 Å². The van der Waals surface area contributed by atoms with Crippen molar-refractivity contribution in [2.24, 2.45) is 0 Å². The SMILES string of the molecule is C[C@@H]1CN(C(=O)c2nn(CC(=O)N3CCC(Oc4cccc(C(F)(F)F)c4)CC3)c3c2CCC3)C[C@H](C)O1. The van der Waals surface area contributed by atoms with E-state index in [1.54, 1.807) is 14.5 Å². The lowest BCUT2D eigenvalue weighted by Gasteiger charge is -2.35. The number of hydrogen-bond acceptors (Lipinski definition) is 5. The lowest BCUT2D eigenvalue weighted by molar-refractivity contribution is -0.138. The van der Waals surface area contributed by atoms with Gasteiger partial charge >= 0.3 is 6.18 Å². The van der Waals surface area contributed by atoms with Crippen LogP contribution in [0.4, 0.5) is 13.2 Å². The van der Waals surface area contributed by atoms with E-state index in [0.29, 0.717) is 44.7 Å². The second kappa shape index (κ2) is 10.6. The Kier molecular flexibility index (Phi) is 7.39. The second-order valence-corrected chi connectivity index (χ2v) is 10.5. The molecule has 0 unspecified atom stereocenters. The number of likely N-dealkylation sites (tertiary alicyclic amines) is 1. The van der Waals surface area contributed by atoms with Crippen LogP contribution in [0.1, 0.15) is 60.4 Å². The predicted octanol–water partition coefficient (Wildman–Crippen LogP) is 3.71. The first kappa shape index (κ1) is 26.5. The molecule has 1 aromatic carbocycles. The smallest absolute Gasteiger partial charge is 0.416 e. The second-order valence-electron chi connectivity index (χ2n) is 10.5. The molecule has 11 heteroatoms. The number of ether oxygens (including phenoxy) is 2. The highest BCUT2D eigenvalue weighted by molar-refractivity contribution is 5.94. The van der Waals surface area contributed by atoms with Gasteiger partial charge in [-0.25, -0.2) is 0 Å². The number of benzene rings is 1. The molecule has 2 aromatic rings. The molecular weight excluding hydrogens is 501 g/mol. The van der Waals surface area contributed by atoms with Crippen molar-refractivity contribution in [2.75, 3.05) is 26.2 Å². The number of hydrogen-bond donors (Lipinski definition) is 0.